The summed E-state index contributed by atoms with van der Waals surface area (Å²) in [5.74, 6) is 0.846. The number of nitrogens with one attached hydrogen (secondary N) is 1. The molecule has 0 spiro atoms. The maximum absolute atomic E-state index is 9.25. The summed E-state index contributed by atoms with van der Waals surface area (Å²) in [6, 6.07) is 4.69. The van der Waals surface area contributed by atoms with Crippen LogP contribution in [-0.2, 0) is 0 Å². The van der Waals surface area contributed by atoms with E-state index in [1.807, 2.05) is 19.9 Å². The molecule has 0 saturated carbocycles. The van der Waals surface area contributed by atoms with Crippen molar-refractivity contribution in [1.82, 2.24) is 10.3 Å². The van der Waals surface area contributed by atoms with E-state index < -0.39 is 0 Å². The summed E-state index contributed by atoms with van der Waals surface area (Å²) in [6.07, 6.45) is 0. The Morgan fingerprint density at radius 1 is 1.53 bits per heavy atom. The van der Waals surface area contributed by atoms with E-state index in [-0.39, 0.29) is 0 Å². The van der Waals surface area contributed by atoms with Gasteiger partial charge in [0.05, 0.1) is 5.56 Å². The Morgan fingerprint density at radius 2 is 2.29 bits per heavy atom. The predicted octanol–water partition coefficient (Wildman–Crippen LogP) is 1.37. The van der Waals surface area contributed by atoms with Crippen LogP contribution in [0.25, 0.3) is 0 Å². The van der Waals surface area contributed by atoms with Crippen LogP contribution in [-0.4, -0.2) is 30.7 Å². The highest BCUT2D eigenvalue weighted by Gasteiger charge is 2.20. The van der Waals surface area contributed by atoms with Crippen LogP contribution in [0.5, 0.6) is 0 Å². The first-order chi connectivity index (χ1) is 8.11. The fourth-order valence-electron chi connectivity index (χ4n) is 2.31. The number of rotatable bonds is 1. The average molecular weight is 230 g/mol. The van der Waals surface area contributed by atoms with Crippen LogP contribution in [0.2, 0.25) is 0 Å². The topological polar surface area (TPSA) is 52.0 Å². The van der Waals surface area contributed by atoms with Crippen molar-refractivity contribution in [3.8, 4) is 6.07 Å². The van der Waals surface area contributed by atoms with Crippen LogP contribution < -0.4 is 10.2 Å². The molecule has 2 rings (SSSR count). The third-order valence-electron chi connectivity index (χ3n) is 3.11. The van der Waals surface area contributed by atoms with Crippen LogP contribution in [0.15, 0.2) is 6.07 Å². The van der Waals surface area contributed by atoms with Crippen molar-refractivity contribution in [2.75, 3.05) is 24.5 Å². The summed E-state index contributed by atoms with van der Waals surface area (Å²) in [5, 5.41) is 12.7. The third kappa shape index (κ3) is 2.40. The van der Waals surface area contributed by atoms with Crippen molar-refractivity contribution in [3.63, 3.8) is 0 Å². The van der Waals surface area contributed by atoms with Crippen molar-refractivity contribution in [3.05, 3.63) is 22.9 Å². The molecule has 0 aromatic carbocycles. The third-order valence-corrected chi connectivity index (χ3v) is 3.11. The minimum absolute atomic E-state index is 0.443. The molecule has 17 heavy (non-hydrogen) atoms. The summed E-state index contributed by atoms with van der Waals surface area (Å²) in [6.45, 7) is 8.87. The van der Waals surface area contributed by atoms with E-state index in [0.717, 1.165) is 36.7 Å². The summed E-state index contributed by atoms with van der Waals surface area (Å²) >= 11 is 0. The van der Waals surface area contributed by atoms with Gasteiger partial charge in [-0.15, -0.1) is 0 Å². The van der Waals surface area contributed by atoms with E-state index in [0.29, 0.717) is 11.6 Å². The molecule has 0 bridgehead atoms. The Bertz CT molecular complexity index is 461. The number of aryl methyl sites for hydroxylation is 2. The smallest absolute Gasteiger partial charge is 0.147 e. The molecule has 1 aliphatic heterocycles. The molecule has 4 nitrogen and oxygen atoms in total. The standard InChI is InChI=1S/C13H18N4/c1-9-6-10(2)16-13(12(9)7-14)17-5-4-15-11(3)8-17/h6,11,15H,4-5,8H2,1-3H3/t11-/m1/s1. The Labute approximate surface area is 102 Å². The normalized spacial score (nSPS) is 20.1. The summed E-state index contributed by atoms with van der Waals surface area (Å²) in [5.41, 5.74) is 2.70. The molecular formula is C13H18N4. The number of anilines is 1. The molecule has 1 fully saturated rings. The molecule has 1 aliphatic rings. The number of aromatic nitrogens is 1. The lowest BCUT2D eigenvalue weighted by atomic mass is 10.1. The zero-order valence-corrected chi connectivity index (χ0v) is 10.6. The monoisotopic (exact) mass is 230 g/mol. The van der Waals surface area contributed by atoms with E-state index in [9.17, 15) is 5.26 Å². The lowest BCUT2D eigenvalue weighted by Crippen LogP contribution is -2.49. The minimum atomic E-state index is 0.443. The minimum Gasteiger partial charge on any atom is -0.353 e. The highest BCUT2D eigenvalue weighted by Crippen LogP contribution is 2.22. The van der Waals surface area contributed by atoms with Crippen LogP contribution in [0.4, 0.5) is 5.82 Å². The molecule has 0 aliphatic carbocycles. The van der Waals surface area contributed by atoms with Crippen molar-refractivity contribution in [2.24, 2.45) is 0 Å². The molecule has 1 saturated heterocycles. The van der Waals surface area contributed by atoms with Gasteiger partial charge in [0.15, 0.2) is 0 Å². The lowest BCUT2D eigenvalue weighted by molar-refractivity contribution is 0.482. The number of pyridine rings is 1. The molecule has 1 atom stereocenters. The number of hydrogen-bond acceptors (Lipinski definition) is 4. The van der Waals surface area contributed by atoms with E-state index >= 15 is 0 Å². The number of hydrogen-bond donors (Lipinski definition) is 1. The largest absolute Gasteiger partial charge is 0.353 e. The van der Waals surface area contributed by atoms with E-state index in [2.05, 4.69) is 28.2 Å². The molecule has 4 heteroatoms. The highest BCUT2D eigenvalue weighted by molar-refractivity contribution is 5.58. The number of nitriles is 1. The first kappa shape index (κ1) is 11.9. The predicted molar refractivity (Wildman–Crippen MR) is 68.1 cm³/mol. The molecule has 1 aromatic heterocycles. The van der Waals surface area contributed by atoms with Gasteiger partial charge in [-0.25, -0.2) is 4.98 Å². The van der Waals surface area contributed by atoms with E-state index in [1.54, 1.807) is 0 Å². The maximum Gasteiger partial charge on any atom is 0.147 e. The first-order valence-corrected chi connectivity index (χ1v) is 5.98. The molecule has 0 unspecified atom stereocenters. The number of nitrogens with zero attached hydrogens (tertiary/aromatic N) is 3. The second-order valence-electron chi connectivity index (χ2n) is 4.69. The van der Waals surface area contributed by atoms with Crippen molar-refractivity contribution in [2.45, 2.75) is 26.8 Å². The Morgan fingerprint density at radius 3 is 2.94 bits per heavy atom. The van der Waals surface area contributed by atoms with Crippen LogP contribution in [0, 0.1) is 25.2 Å². The first-order valence-electron chi connectivity index (χ1n) is 5.98. The zero-order valence-electron chi connectivity index (χ0n) is 10.6. The van der Waals surface area contributed by atoms with Crippen molar-refractivity contribution >= 4 is 5.82 Å². The van der Waals surface area contributed by atoms with E-state index in [4.69, 9.17) is 0 Å². The SMILES string of the molecule is Cc1cc(C)c(C#N)c(N2CCN[C@H](C)C2)n1. The quantitative estimate of drug-likeness (QED) is 0.791. The molecule has 1 aromatic rings. The van der Waals surface area contributed by atoms with Crippen LogP contribution in [0.3, 0.4) is 0 Å². The van der Waals surface area contributed by atoms with Crippen molar-refractivity contribution < 1.29 is 0 Å². The van der Waals surface area contributed by atoms with Gasteiger partial charge in [-0.05, 0) is 32.4 Å². The second-order valence-corrected chi connectivity index (χ2v) is 4.69. The lowest BCUT2D eigenvalue weighted by Gasteiger charge is -2.33. The fourth-order valence-corrected chi connectivity index (χ4v) is 2.31. The molecule has 0 radical (unpaired) electrons. The van der Waals surface area contributed by atoms with Gasteiger partial charge >= 0.3 is 0 Å². The van der Waals surface area contributed by atoms with Gasteiger partial charge in [0.25, 0.3) is 0 Å². The summed E-state index contributed by atoms with van der Waals surface area (Å²) in [7, 11) is 0. The van der Waals surface area contributed by atoms with Crippen LogP contribution in [0.1, 0.15) is 23.7 Å². The van der Waals surface area contributed by atoms with Gasteiger partial charge in [0, 0.05) is 31.4 Å². The Balaban J connectivity index is 2.40. The van der Waals surface area contributed by atoms with Gasteiger partial charge in [-0.1, -0.05) is 0 Å². The Hall–Kier alpha value is -1.60. The zero-order chi connectivity index (χ0) is 12.4. The molecule has 1 N–H and O–H groups in total. The second kappa shape index (κ2) is 4.72. The summed E-state index contributed by atoms with van der Waals surface area (Å²) in [4.78, 5) is 6.75. The molecule has 0 amide bonds. The molecule has 90 valence electrons. The molecule has 2 heterocycles. The van der Waals surface area contributed by atoms with Gasteiger partial charge < -0.3 is 10.2 Å². The van der Waals surface area contributed by atoms with Gasteiger partial charge in [0.2, 0.25) is 0 Å². The Kier molecular flexibility index (Phi) is 3.30. The maximum atomic E-state index is 9.25. The number of piperazine rings is 1. The van der Waals surface area contributed by atoms with Gasteiger partial charge in [-0.2, -0.15) is 5.26 Å². The van der Waals surface area contributed by atoms with E-state index in [1.165, 1.54) is 0 Å². The van der Waals surface area contributed by atoms with Crippen LogP contribution >= 0.6 is 0 Å². The van der Waals surface area contributed by atoms with Crippen molar-refractivity contribution in [1.29, 1.82) is 5.26 Å². The highest BCUT2D eigenvalue weighted by atomic mass is 15.2. The van der Waals surface area contributed by atoms with Gasteiger partial charge in [0.1, 0.15) is 11.9 Å². The van der Waals surface area contributed by atoms with Gasteiger partial charge in [-0.3, -0.25) is 0 Å². The summed E-state index contributed by atoms with van der Waals surface area (Å²) < 4.78 is 0. The fraction of sp³-hybridized carbons (Fsp3) is 0.538. The molecular weight excluding hydrogens is 212 g/mol. The average Bonchev–Trinajstić information content (AvgIpc) is 2.28.